The van der Waals surface area contributed by atoms with E-state index in [2.05, 4.69) is 106 Å². The van der Waals surface area contributed by atoms with E-state index < -0.39 is 6.10 Å². The van der Waals surface area contributed by atoms with Crippen LogP contribution in [0.1, 0.15) is 245 Å². The zero-order valence-electron chi connectivity index (χ0n) is 41.8. The Kier molecular flexibility index (Phi) is 49.4. The van der Waals surface area contributed by atoms with Gasteiger partial charge >= 0.3 is 17.9 Å². The number of unbranched alkanes of at least 4 members (excludes halogenated alkanes) is 24. The highest BCUT2D eigenvalue weighted by molar-refractivity contribution is 5.71. The summed E-state index contributed by atoms with van der Waals surface area (Å²) in [6, 6.07) is 0. The van der Waals surface area contributed by atoms with Crippen molar-refractivity contribution in [3.63, 3.8) is 0 Å². The highest BCUT2D eigenvalue weighted by Crippen LogP contribution is 2.14. The van der Waals surface area contributed by atoms with Crippen LogP contribution in [0.3, 0.4) is 0 Å². The lowest BCUT2D eigenvalue weighted by Crippen LogP contribution is -2.30. The summed E-state index contributed by atoms with van der Waals surface area (Å²) in [5.41, 5.74) is 0. The van der Waals surface area contributed by atoms with E-state index in [0.29, 0.717) is 12.8 Å². The third kappa shape index (κ3) is 49.6. The Hall–Kier alpha value is -3.41. The maximum absolute atomic E-state index is 12.8. The van der Waals surface area contributed by atoms with Crippen molar-refractivity contribution in [1.82, 2.24) is 0 Å². The van der Waals surface area contributed by atoms with Crippen molar-refractivity contribution in [3.05, 3.63) is 85.1 Å². The van der Waals surface area contributed by atoms with Gasteiger partial charge in [-0.05, 0) is 96.3 Å². The maximum Gasteiger partial charge on any atom is 0.306 e. The van der Waals surface area contributed by atoms with Crippen molar-refractivity contribution < 1.29 is 28.6 Å². The average molecular weight is 891 g/mol. The number of ether oxygens (including phenoxy) is 3. The van der Waals surface area contributed by atoms with Gasteiger partial charge in [0.05, 0.1) is 0 Å². The Labute approximate surface area is 395 Å². The number of allylic oxidation sites excluding steroid dienone is 14. The SMILES string of the molecule is CC/C=C\C/C=C\C/C=C\CCCC(=O)OCC(COC(=O)CCCCCCCCCCCC/C=C\C=C/CCCCC)OC(=O)CCCCC/C=C\C=C/CCCCCCCCC. The molecule has 0 bridgehead atoms. The van der Waals surface area contributed by atoms with Gasteiger partial charge < -0.3 is 14.2 Å². The molecular weight excluding hydrogens is 793 g/mol. The Morgan fingerprint density at radius 1 is 0.344 bits per heavy atom. The van der Waals surface area contributed by atoms with Crippen LogP contribution in [-0.4, -0.2) is 37.2 Å². The van der Waals surface area contributed by atoms with Gasteiger partial charge in [0.1, 0.15) is 13.2 Å². The summed E-state index contributed by atoms with van der Waals surface area (Å²) < 4.78 is 16.7. The fourth-order valence-electron chi connectivity index (χ4n) is 7.15. The van der Waals surface area contributed by atoms with Crippen LogP contribution in [0.25, 0.3) is 0 Å². The maximum atomic E-state index is 12.8. The molecule has 0 radical (unpaired) electrons. The molecule has 0 rings (SSSR count). The highest BCUT2D eigenvalue weighted by Gasteiger charge is 2.19. The molecule has 0 aromatic rings. The van der Waals surface area contributed by atoms with E-state index in [9.17, 15) is 14.4 Å². The number of hydrogen-bond acceptors (Lipinski definition) is 6. The van der Waals surface area contributed by atoms with Crippen LogP contribution in [0.5, 0.6) is 0 Å². The first kappa shape index (κ1) is 60.6. The quantitative estimate of drug-likeness (QED) is 0.0199. The topological polar surface area (TPSA) is 78.9 Å². The van der Waals surface area contributed by atoms with Crippen LogP contribution >= 0.6 is 0 Å². The van der Waals surface area contributed by atoms with Gasteiger partial charge in [-0.1, -0.05) is 215 Å². The minimum Gasteiger partial charge on any atom is -0.462 e. The molecule has 0 aliphatic heterocycles. The molecular formula is C58H98O6. The van der Waals surface area contributed by atoms with Crippen molar-refractivity contribution in [1.29, 1.82) is 0 Å². The van der Waals surface area contributed by atoms with E-state index in [1.54, 1.807) is 0 Å². The summed E-state index contributed by atoms with van der Waals surface area (Å²) >= 11 is 0. The molecule has 0 saturated carbocycles. The fraction of sp³-hybridized carbons (Fsp3) is 0.707. The number of hydrogen-bond donors (Lipinski definition) is 0. The van der Waals surface area contributed by atoms with Gasteiger partial charge in [-0.15, -0.1) is 0 Å². The molecule has 0 saturated heterocycles. The lowest BCUT2D eigenvalue weighted by Gasteiger charge is -2.18. The first-order valence-corrected chi connectivity index (χ1v) is 26.6. The second-order valence-electron chi connectivity index (χ2n) is 17.5. The standard InChI is InChI=1S/C58H98O6/c1-4-7-10-13-16-19-22-24-26-28-29-30-32-33-36-39-42-45-48-51-57(60)63-54-55(53-62-56(59)50-47-44-41-38-35-21-18-15-12-9-6-3)64-58(61)52-49-46-43-40-37-34-31-27-25-23-20-17-14-11-8-5-2/h9,12,16,18-19,21-22,24,27,31,34,37-38,41,55H,4-8,10-11,13-15,17,20,23,25-26,28-30,32-33,35-36,39-40,42-54H2,1-3H3/b12-9-,19-16-,21-18-,24-22-,31-27-,37-34-,41-38-. The predicted octanol–water partition coefficient (Wildman–Crippen LogP) is 17.6. The van der Waals surface area contributed by atoms with Gasteiger partial charge in [-0.2, -0.15) is 0 Å². The number of carbonyl (C=O) groups excluding carboxylic acids is 3. The van der Waals surface area contributed by atoms with E-state index in [1.807, 2.05) is 0 Å². The summed E-state index contributed by atoms with van der Waals surface area (Å²) in [7, 11) is 0. The van der Waals surface area contributed by atoms with Crippen LogP contribution in [0.2, 0.25) is 0 Å². The smallest absolute Gasteiger partial charge is 0.306 e. The molecule has 0 fully saturated rings. The van der Waals surface area contributed by atoms with Gasteiger partial charge in [-0.25, -0.2) is 0 Å². The van der Waals surface area contributed by atoms with Crippen molar-refractivity contribution in [3.8, 4) is 0 Å². The molecule has 6 heteroatoms. The van der Waals surface area contributed by atoms with E-state index in [-0.39, 0.29) is 44.0 Å². The molecule has 0 amide bonds. The van der Waals surface area contributed by atoms with Crippen LogP contribution in [-0.2, 0) is 28.6 Å². The van der Waals surface area contributed by atoms with Crippen molar-refractivity contribution in [2.45, 2.75) is 252 Å². The summed E-state index contributed by atoms with van der Waals surface area (Å²) in [5.74, 6) is -0.992. The normalized spacial score (nSPS) is 12.7. The second-order valence-corrected chi connectivity index (χ2v) is 17.5. The van der Waals surface area contributed by atoms with Crippen LogP contribution < -0.4 is 0 Å². The van der Waals surface area contributed by atoms with Gasteiger partial charge in [0.2, 0.25) is 0 Å². The molecule has 0 N–H and O–H groups in total. The van der Waals surface area contributed by atoms with Crippen LogP contribution in [0.4, 0.5) is 0 Å². The molecule has 0 spiro atoms. The molecule has 1 atom stereocenters. The molecule has 1 unspecified atom stereocenters. The average Bonchev–Trinajstić information content (AvgIpc) is 3.29. The lowest BCUT2D eigenvalue weighted by atomic mass is 10.1. The van der Waals surface area contributed by atoms with E-state index >= 15 is 0 Å². The summed E-state index contributed by atoms with van der Waals surface area (Å²) in [6.07, 6.45) is 67.2. The molecule has 0 aliphatic rings. The van der Waals surface area contributed by atoms with E-state index in [0.717, 1.165) is 77.0 Å². The Morgan fingerprint density at radius 3 is 1.14 bits per heavy atom. The largest absolute Gasteiger partial charge is 0.462 e. The molecule has 0 heterocycles. The molecule has 0 aliphatic carbocycles. The zero-order valence-corrected chi connectivity index (χ0v) is 41.8. The van der Waals surface area contributed by atoms with Gasteiger partial charge in [0.15, 0.2) is 6.10 Å². The summed E-state index contributed by atoms with van der Waals surface area (Å²) in [5, 5.41) is 0. The van der Waals surface area contributed by atoms with Crippen LogP contribution in [0, 0.1) is 0 Å². The first-order valence-electron chi connectivity index (χ1n) is 26.6. The van der Waals surface area contributed by atoms with Crippen LogP contribution in [0.15, 0.2) is 85.1 Å². The first-order chi connectivity index (χ1) is 31.5. The Balaban J connectivity index is 4.43. The number of rotatable bonds is 47. The minimum atomic E-state index is -0.811. The van der Waals surface area contributed by atoms with Gasteiger partial charge in [0, 0.05) is 19.3 Å². The molecule has 64 heavy (non-hydrogen) atoms. The molecule has 6 nitrogen and oxygen atoms in total. The van der Waals surface area contributed by atoms with Crippen molar-refractivity contribution in [2.24, 2.45) is 0 Å². The summed E-state index contributed by atoms with van der Waals surface area (Å²) in [6.45, 7) is 6.41. The number of esters is 3. The highest BCUT2D eigenvalue weighted by atomic mass is 16.6. The molecule has 0 aromatic heterocycles. The fourth-order valence-corrected chi connectivity index (χ4v) is 7.15. The Morgan fingerprint density at radius 2 is 0.672 bits per heavy atom. The van der Waals surface area contributed by atoms with Gasteiger partial charge in [-0.3, -0.25) is 14.4 Å². The summed E-state index contributed by atoms with van der Waals surface area (Å²) in [4.78, 5) is 37.9. The number of carbonyl (C=O) groups is 3. The monoisotopic (exact) mass is 891 g/mol. The van der Waals surface area contributed by atoms with Crippen molar-refractivity contribution >= 4 is 17.9 Å². The third-order valence-electron chi connectivity index (χ3n) is 11.2. The lowest BCUT2D eigenvalue weighted by molar-refractivity contribution is -0.167. The van der Waals surface area contributed by atoms with E-state index in [1.165, 1.54) is 122 Å². The van der Waals surface area contributed by atoms with Crippen molar-refractivity contribution in [2.75, 3.05) is 13.2 Å². The van der Waals surface area contributed by atoms with E-state index in [4.69, 9.17) is 14.2 Å². The molecule has 0 aromatic carbocycles. The van der Waals surface area contributed by atoms with Gasteiger partial charge in [0.25, 0.3) is 0 Å². The second kappa shape index (κ2) is 52.2. The third-order valence-corrected chi connectivity index (χ3v) is 11.2. The molecule has 366 valence electrons. The predicted molar refractivity (Wildman–Crippen MR) is 274 cm³/mol. The Bertz CT molecular complexity index is 1250. The minimum absolute atomic E-state index is 0.105. The zero-order chi connectivity index (χ0) is 46.5.